The minimum Gasteiger partial charge on any atom is -0.372 e. The van der Waals surface area contributed by atoms with Crippen molar-refractivity contribution in [3.63, 3.8) is 0 Å². The summed E-state index contributed by atoms with van der Waals surface area (Å²) in [6, 6.07) is 10.2. The van der Waals surface area contributed by atoms with E-state index in [0.29, 0.717) is 6.54 Å². The normalized spacial score (nSPS) is 10.1. The van der Waals surface area contributed by atoms with Crippen LogP contribution in [0.15, 0.2) is 49.3 Å². The molecule has 5 heteroatoms. The number of hydrogen-bond acceptors (Lipinski definition) is 5. The predicted molar refractivity (Wildman–Crippen MR) is 94.0 cm³/mol. The first-order valence-electron chi connectivity index (χ1n) is 7.55. The maximum Gasteiger partial charge on any atom is 0.135 e. The number of rotatable bonds is 8. The molecule has 116 valence electrons. The summed E-state index contributed by atoms with van der Waals surface area (Å²) in [5.74, 6) is 1.54. The molecule has 0 aliphatic carbocycles. The summed E-state index contributed by atoms with van der Waals surface area (Å²) in [6.07, 6.45) is 3.33. The van der Waals surface area contributed by atoms with Gasteiger partial charge in [-0.2, -0.15) is 0 Å². The molecule has 1 aromatic heterocycles. The predicted octanol–water partition coefficient (Wildman–Crippen LogP) is 3.66. The van der Waals surface area contributed by atoms with Crippen molar-refractivity contribution < 1.29 is 0 Å². The highest BCUT2D eigenvalue weighted by Crippen LogP contribution is 2.20. The number of nitrogens with zero attached hydrogens (tertiary/aromatic N) is 3. The Balaban J connectivity index is 2.05. The topological polar surface area (TPSA) is 53.1 Å². The van der Waals surface area contributed by atoms with Gasteiger partial charge in [0.25, 0.3) is 0 Å². The Labute approximate surface area is 132 Å². The zero-order valence-corrected chi connectivity index (χ0v) is 13.2. The molecule has 2 rings (SSSR count). The van der Waals surface area contributed by atoms with E-state index in [1.165, 1.54) is 12.0 Å². The molecule has 0 unspecified atom stereocenters. The van der Waals surface area contributed by atoms with Crippen LogP contribution in [0, 0.1) is 0 Å². The lowest BCUT2D eigenvalue weighted by atomic mass is 10.2. The van der Waals surface area contributed by atoms with Crippen LogP contribution in [-0.2, 0) is 0 Å². The van der Waals surface area contributed by atoms with Gasteiger partial charge in [0.05, 0.1) is 0 Å². The number of nitrogens with one attached hydrogen (secondary N) is 2. The summed E-state index contributed by atoms with van der Waals surface area (Å²) in [5.41, 5.74) is 2.23. The summed E-state index contributed by atoms with van der Waals surface area (Å²) >= 11 is 0. The molecule has 0 amide bonds. The molecule has 1 aromatic carbocycles. The van der Waals surface area contributed by atoms with E-state index < -0.39 is 0 Å². The Bertz CT molecular complexity index is 590. The van der Waals surface area contributed by atoms with Gasteiger partial charge in [0, 0.05) is 37.1 Å². The highest BCUT2D eigenvalue weighted by Gasteiger charge is 2.02. The fourth-order valence-corrected chi connectivity index (χ4v) is 2.19. The molecule has 0 bridgehead atoms. The molecule has 0 saturated carbocycles. The van der Waals surface area contributed by atoms with Crippen molar-refractivity contribution >= 4 is 23.0 Å². The minimum atomic E-state index is 0.676. The van der Waals surface area contributed by atoms with Crippen molar-refractivity contribution in [2.75, 3.05) is 35.2 Å². The van der Waals surface area contributed by atoms with Crippen LogP contribution in [-0.4, -0.2) is 29.6 Å². The number of hydrogen-bond donors (Lipinski definition) is 2. The van der Waals surface area contributed by atoms with Crippen LogP contribution in [0.4, 0.5) is 23.0 Å². The van der Waals surface area contributed by atoms with Crippen molar-refractivity contribution in [1.29, 1.82) is 0 Å². The summed E-state index contributed by atoms with van der Waals surface area (Å²) < 4.78 is 0. The Morgan fingerprint density at radius 2 is 1.77 bits per heavy atom. The standard InChI is InChI=1S/C17H23N5/c1-4-11-18-16-12-17(20-13-19-16)21-14-7-9-15(10-8-14)22(5-2)6-3/h4,7-10,12-13H,1,5-6,11H2,2-3H3,(H2,18,19,20,21). The first-order chi connectivity index (χ1) is 10.8. The van der Waals surface area contributed by atoms with Crippen molar-refractivity contribution in [3.8, 4) is 0 Å². The van der Waals surface area contributed by atoms with Crippen molar-refractivity contribution in [2.45, 2.75) is 13.8 Å². The van der Waals surface area contributed by atoms with Crippen molar-refractivity contribution in [3.05, 3.63) is 49.3 Å². The van der Waals surface area contributed by atoms with E-state index in [9.17, 15) is 0 Å². The van der Waals surface area contributed by atoms with Gasteiger partial charge < -0.3 is 15.5 Å². The highest BCUT2D eigenvalue weighted by atomic mass is 15.1. The Kier molecular flexibility index (Phi) is 5.77. The second-order valence-corrected chi connectivity index (χ2v) is 4.80. The van der Waals surface area contributed by atoms with Crippen LogP contribution in [0.2, 0.25) is 0 Å². The molecular formula is C17H23N5. The van der Waals surface area contributed by atoms with E-state index in [1.54, 1.807) is 6.08 Å². The van der Waals surface area contributed by atoms with Gasteiger partial charge in [-0.1, -0.05) is 6.08 Å². The quantitative estimate of drug-likeness (QED) is 0.728. The molecule has 0 radical (unpaired) electrons. The Morgan fingerprint density at radius 3 is 2.41 bits per heavy atom. The molecule has 0 saturated heterocycles. The maximum atomic E-state index is 4.23. The van der Waals surface area contributed by atoms with E-state index in [1.807, 2.05) is 6.07 Å². The van der Waals surface area contributed by atoms with Gasteiger partial charge >= 0.3 is 0 Å². The van der Waals surface area contributed by atoms with Crippen LogP contribution in [0.5, 0.6) is 0 Å². The van der Waals surface area contributed by atoms with Gasteiger partial charge in [-0.3, -0.25) is 0 Å². The van der Waals surface area contributed by atoms with Crippen molar-refractivity contribution in [2.24, 2.45) is 0 Å². The van der Waals surface area contributed by atoms with Crippen LogP contribution >= 0.6 is 0 Å². The largest absolute Gasteiger partial charge is 0.372 e. The Morgan fingerprint density at radius 1 is 1.09 bits per heavy atom. The molecule has 0 aliphatic heterocycles. The smallest absolute Gasteiger partial charge is 0.135 e. The lowest BCUT2D eigenvalue weighted by Gasteiger charge is -2.21. The highest BCUT2D eigenvalue weighted by molar-refractivity contribution is 5.62. The molecule has 22 heavy (non-hydrogen) atoms. The molecule has 5 nitrogen and oxygen atoms in total. The Hall–Kier alpha value is -2.56. The van der Waals surface area contributed by atoms with Gasteiger partial charge in [-0.05, 0) is 38.1 Å². The fraction of sp³-hybridized carbons (Fsp3) is 0.294. The third kappa shape index (κ3) is 4.22. The molecular weight excluding hydrogens is 274 g/mol. The van der Waals surface area contributed by atoms with E-state index in [0.717, 1.165) is 30.4 Å². The number of benzene rings is 1. The van der Waals surface area contributed by atoms with Gasteiger partial charge in [0.1, 0.15) is 18.0 Å². The first-order valence-corrected chi connectivity index (χ1v) is 7.55. The van der Waals surface area contributed by atoms with Gasteiger partial charge in [-0.15, -0.1) is 6.58 Å². The molecule has 0 atom stereocenters. The van der Waals surface area contributed by atoms with E-state index >= 15 is 0 Å². The second-order valence-electron chi connectivity index (χ2n) is 4.80. The average molecular weight is 297 g/mol. The zero-order valence-electron chi connectivity index (χ0n) is 13.2. The second kappa shape index (κ2) is 8.02. The summed E-state index contributed by atoms with van der Waals surface area (Å²) in [5, 5.41) is 6.43. The molecule has 0 aliphatic rings. The molecule has 1 heterocycles. The van der Waals surface area contributed by atoms with Crippen LogP contribution in [0.25, 0.3) is 0 Å². The van der Waals surface area contributed by atoms with Crippen LogP contribution in [0.3, 0.4) is 0 Å². The summed E-state index contributed by atoms with van der Waals surface area (Å²) in [4.78, 5) is 10.7. The van der Waals surface area contributed by atoms with Gasteiger partial charge in [-0.25, -0.2) is 9.97 Å². The molecule has 0 spiro atoms. The van der Waals surface area contributed by atoms with Gasteiger partial charge in [0.15, 0.2) is 0 Å². The summed E-state index contributed by atoms with van der Waals surface area (Å²) in [6.45, 7) is 10.7. The van der Waals surface area contributed by atoms with Crippen LogP contribution < -0.4 is 15.5 Å². The van der Waals surface area contributed by atoms with E-state index in [2.05, 4.69) is 70.2 Å². The summed E-state index contributed by atoms with van der Waals surface area (Å²) in [7, 11) is 0. The van der Waals surface area contributed by atoms with E-state index in [4.69, 9.17) is 0 Å². The van der Waals surface area contributed by atoms with Gasteiger partial charge in [0.2, 0.25) is 0 Å². The molecule has 2 N–H and O–H groups in total. The first kappa shape index (κ1) is 15.8. The number of aromatic nitrogens is 2. The number of anilines is 4. The monoisotopic (exact) mass is 297 g/mol. The lowest BCUT2D eigenvalue weighted by Crippen LogP contribution is -2.21. The minimum absolute atomic E-state index is 0.676. The average Bonchev–Trinajstić information content (AvgIpc) is 2.56. The third-order valence-electron chi connectivity index (χ3n) is 3.36. The van der Waals surface area contributed by atoms with Crippen molar-refractivity contribution in [1.82, 2.24) is 9.97 Å². The lowest BCUT2D eigenvalue weighted by molar-refractivity contribution is 0.866. The molecule has 0 fully saturated rings. The molecule has 2 aromatic rings. The fourth-order valence-electron chi connectivity index (χ4n) is 2.19. The maximum absolute atomic E-state index is 4.23. The van der Waals surface area contributed by atoms with E-state index in [-0.39, 0.29) is 0 Å². The zero-order chi connectivity index (χ0) is 15.8. The van der Waals surface area contributed by atoms with Crippen LogP contribution in [0.1, 0.15) is 13.8 Å². The third-order valence-corrected chi connectivity index (χ3v) is 3.36. The SMILES string of the molecule is C=CCNc1cc(Nc2ccc(N(CC)CC)cc2)ncn1.